The normalized spacial score (nSPS) is 16.6. The van der Waals surface area contributed by atoms with Crippen molar-refractivity contribution in [2.75, 3.05) is 62.4 Å². The molecule has 65 heavy (non-hydrogen) atoms. The Kier molecular flexibility index (Phi) is 9.24. The van der Waals surface area contributed by atoms with Crippen molar-refractivity contribution >= 4 is 56.5 Å². The molecule has 0 unspecified atom stereocenters. The molecule has 17 heteroatoms. The molecular weight excluding hydrogens is 831 g/mol. The van der Waals surface area contributed by atoms with E-state index in [1.165, 1.54) is 0 Å². The molecule has 6 bridgehead atoms. The highest BCUT2D eigenvalue weighted by atomic mass is 16.5. The second-order valence-electron chi connectivity index (χ2n) is 16.3. The number of hydrogen-bond acceptors (Lipinski definition) is 15. The van der Waals surface area contributed by atoms with Gasteiger partial charge in [0.2, 0.25) is 0 Å². The number of aliphatic imine (C=N–C) groups is 4. The molecule has 1 N–H and O–H groups in total. The zero-order valence-corrected chi connectivity index (χ0v) is 39.3. The van der Waals surface area contributed by atoms with Gasteiger partial charge in [-0.05, 0) is 99.9 Å². The first-order valence-electron chi connectivity index (χ1n) is 20.9. The standard InChI is InChI=1S/C48H49N9O8/c1-17-18(2)34(59-10)26-25(33(17)58-9)41-49-42(26)52-46-31-32(40(65-16)24(8)23(7)39(31)64-15)48-54-44-28-27(35(60-11)19(3)20(4)36(28)61-12)43(50-44)53-47-30-29(45(51-41)56(47)55-57(46)48)37(62-13)21(5)22(6)38(30)63-14/h55H,1-16H3/b51-41-,51-45?,52-42?,52-46-,53-43-,53-47?,54-44?,54-48-. The number of benzene rings is 4. The second-order valence-corrected chi connectivity index (χ2v) is 16.3. The second kappa shape index (κ2) is 14.5. The predicted molar refractivity (Wildman–Crippen MR) is 250 cm³/mol. The molecule has 0 amide bonds. The summed E-state index contributed by atoms with van der Waals surface area (Å²) in [6.07, 6.45) is 0. The molecule has 10 rings (SSSR count). The summed E-state index contributed by atoms with van der Waals surface area (Å²) in [7, 11) is 13.1. The van der Waals surface area contributed by atoms with Crippen molar-refractivity contribution in [1.29, 1.82) is 0 Å². The average molecular weight is 880 g/mol. The molecule has 0 fully saturated rings. The first-order chi connectivity index (χ1) is 31.3. The molecule has 0 saturated heterocycles. The maximum absolute atomic E-state index is 6.33. The summed E-state index contributed by atoms with van der Waals surface area (Å²) >= 11 is 0. The number of amidine groups is 4. The van der Waals surface area contributed by atoms with E-state index in [9.17, 15) is 0 Å². The minimum atomic E-state index is 0.319. The van der Waals surface area contributed by atoms with Crippen molar-refractivity contribution in [3.05, 3.63) is 77.7 Å². The van der Waals surface area contributed by atoms with E-state index in [2.05, 4.69) is 5.53 Å². The Labute approximate surface area is 374 Å². The molecule has 0 radical (unpaired) electrons. The Morgan fingerprint density at radius 1 is 0.292 bits per heavy atom. The number of methoxy groups -OCH3 is 8. The number of hydrogen-bond donors (Lipinski definition) is 1. The van der Waals surface area contributed by atoms with Gasteiger partial charge in [-0.15, -0.1) is 0 Å². The van der Waals surface area contributed by atoms with Crippen molar-refractivity contribution < 1.29 is 37.9 Å². The Bertz CT molecular complexity index is 3260. The van der Waals surface area contributed by atoms with E-state index in [1.807, 2.05) is 55.4 Å². The number of nitrogens with one attached hydrogen (secondary N) is 1. The van der Waals surface area contributed by atoms with Crippen LogP contribution in [0.2, 0.25) is 0 Å². The van der Waals surface area contributed by atoms with Gasteiger partial charge in [0.15, 0.2) is 46.0 Å². The summed E-state index contributed by atoms with van der Waals surface area (Å²) in [5.41, 5.74) is 13.7. The quantitative estimate of drug-likeness (QED) is 0.168. The minimum Gasteiger partial charge on any atom is -0.496 e. The Balaban J connectivity index is 1.58. The van der Waals surface area contributed by atoms with Crippen LogP contribution >= 0.6 is 0 Å². The molecule has 0 spiro atoms. The van der Waals surface area contributed by atoms with E-state index in [0.29, 0.717) is 136 Å². The highest BCUT2D eigenvalue weighted by Gasteiger charge is 2.39. The van der Waals surface area contributed by atoms with Gasteiger partial charge in [0.1, 0.15) is 46.0 Å². The van der Waals surface area contributed by atoms with Gasteiger partial charge in [0.25, 0.3) is 0 Å². The van der Waals surface area contributed by atoms with Crippen LogP contribution in [-0.2, 0) is 0 Å². The fraction of sp³-hybridized carbons (Fsp3) is 0.333. The average Bonchev–Trinajstić information content (AvgIpc) is 3.99. The van der Waals surface area contributed by atoms with Crippen LogP contribution in [0, 0.1) is 55.4 Å². The van der Waals surface area contributed by atoms with Gasteiger partial charge in [-0.1, -0.05) is 0 Å². The SMILES string of the molecule is COc1c(C)c(C)c(OC)c2c1C1=NC/2=N\c2c3c(OC)c(C)c(C)c(OC)c3c3n2Nn2/c(c4c(OC)c(C)c(C)c(OC)c4/c2=N/C2=NC(=N\3)/c3c(OC)c(C)c(C)c(OC)c32)=N\1. The van der Waals surface area contributed by atoms with Gasteiger partial charge >= 0.3 is 0 Å². The first-order valence-corrected chi connectivity index (χ1v) is 20.9. The fourth-order valence-corrected chi connectivity index (χ4v) is 10.0. The van der Waals surface area contributed by atoms with Gasteiger partial charge in [-0.2, -0.15) is 0 Å². The largest absolute Gasteiger partial charge is 0.496 e. The lowest BCUT2D eigenvalue weighted by atomic mass is 9.96. The summed E-state index contributed by atoms with van der Waals surface area (Å²) in [6, 6.07) is 0. The van der Waals surface area contributed by atoms with Crippen LogP contribution in [0.1, 0.15) is 66.8 Å². The molecule has 6 heterocycles. The number of aromatic nitrogens is 2. The molecule has 0 saturated carbocycles. The van der Waals surface area contributed by atoms with E-state index in [4.69, 9.17) is 67.8 Å². The third-order valence-corrected chi connectivity index (χ3v) is 13.5. The van der Waals surface area contributed by atoms with Crippen molar-refractivity contribution in [2.45, 2.75) is 55.4 Å². The number of rotatable bonds is 8. The van der Waals surface area contributed by atoms with E-state index in [1.54, 1.807) is 66.2 Å². The Morgan fingerprint density at radius 3 is 0.815 bits per heavy atom. The monoisotopic (exact) mass is 879 g/mol. The van der Waals surface area contributed by atoms with E-state index < -0.39 is 0 Å². The first kappa shape index (κ1) is 41.5. The zero-order valence-electron chi connectivity index (χ0n) is 39.3. The van der Waals surface area contributed by atoms with Crippen LogP contribution in [-0.4, -0.2) is 89.6 Å². The predicted octanol–water partition coefficient (Wildman–Crippen LogP) is 7.08. The molecule has 17 nitrogen and oxygen atoms in total. The lowest BCUT2D eigenvalue weighted by Gasteiger charge is -2.18. The molecule has 4 aliphatic rings. The molecule has 2 aromatic heterocycles. The summed E-state index contributed by atoms with van der Waals surface area (Å²) in [6.45, 7) is 15.9. The van der Waals surface area contributed by atoms with Gasteiger partial charge in [-0.3, -0.25) is 0 Å². The van der Waals surface area contributed by atoms with Gasteiger partial charge in [0, 0.05) is 0 Å². The molecule has 0 atom stereocenters. The van der Waals surface area contributed by atoms with Crippen LogP contribution in [0.15, 0.2) is 30.0 Å². The summed E-state index contributed by atoms with van der Waals surface area (Å²) < 4.78 is 53.7. The lowest BCUT2D eigenvalue weighted by molar-refractivity contribution is 0.396. The maximum atomic E-state index is 6.33. The smallest absolute Gasteiger partial charge is 0.169 e. The molecular formula is C48H49N9O8. The summed E-state index contributed by atoms with van der Waals surface area (Å²) in [5.74, 6) is 6.56. The zero-order chi connectivity index (χ0) is 46.2. The number of fused-ring (bicyclic) bond motifs is 14. The fourth-order valence-electron chi connectivity index (χ4n) is 10.0. The molecule has 334 valence electrons. The van der Waals surface area contributed by atoms with Crippen molar-refractivity contribution in [3.8, 4) is 46.0 Å². The summed E-state index contributed by atoms with van der Waals surface area (Å²) in [5, 5.41) is 2.37. The van der Waals surface area contributed by atoms with E-state index in [-0.39, 0.29) is 0 Å². The van der Waals surface area contributed by atoms with Gasteiger partial charge in [-0.25, -0.2) is 44.8 Å². The molecule has 4 aromatic carbocycles. The molecule has 6 aromatic rings. The van der Waals surface area contributed by atoms with E-state index >= 15 is 0 Å². The van der Waals surface area contributed by atoms with Crippen LogP contribution in [0.25, 0.3) is 21.5 Å². The highest BCUT2D eigenvalue weighted by molar-refractivity contribution is 6.28. The van der Waals surface area contributed by atoms with Crippen molar-refractivity contribution in [1.82, 2.24) is 9.35 Å². The highest BCUT2D eigenvalue weighted by Crippen LogP contribution is 2.53. The van der Waals surface area contributed by atoms with Crippen LogP contribution in [0.4, 0.5) is 11.6 Å². The van der Waals surface area contributed by atoms with Crippen molar-refractivity contribution in [2.24, 2.45) is 30.0 Å². The van der Waals surface area contributed by atoms with Crippen LogP contribution < -0.4 is 54.4 Å². The van der Waals surface area contributed by atoms with Crippen LogP contribution in [0.5, 0.6) is 46.0 Å². The minimum absolute atomic E-state index is 0.319. The molecule has 0 aliphatic carbocycles. The van der Waals surface area contributed by atoms with Crippen molar-refractivity contribution in [3.63, 3.8) is 0 Å². The Hall–Kier alpha value is -7.56. The van der Waals surface area contributed by atoms with Crippen LogP contribution in [0.3, 0.4) is 0 Å². The van der Waals surface area contributed by atoms with E-state index in [0.717, 1.165) is 44.5 Å². The third kappa shape index (κ3) is 5.14. The number of nitrogens with zero attached hydrogens (tertiary/aromatic N) is 8. The summed E-state index contributed by atoms with van der Waals surface area (Å²) in [4.78, 5) is 32.5. The Morgan fingerprint density at radius 2 is 0.538 bits per heavy atom. The third-order valence-electron chi connectivity index (χ3n) is 13.5. The molecule has 4 aliphatic heterocycles. The maximum Gasteiger partial charge on any atom is 0.169 e. The van der Waals surface area contributed by atoms with Gasteiger partial charge < -0.3 is 37.9 Å². The van der Waals surface area contributed by atoms with Gasteiger partial charge in [0.05, 0.1) is 101 Å². The topological polar surface area (TPSA) is 170 Å². The number of ether oxygens (including phenoxy) is 8. The lowest BCUT2D eigenvalue weighted by Crippen LogP contribution is -2.39.